The summed E-state index contributed by atoms with van der Waals surface area (Å²) in [7, 11) is 6.43. The van der Waals surface area contributed by atoms with Crippen molar-refractivity contribution in [3.63, 3.8) is 0 Å². The molecule has 2 fully saturated rings. The first-order chi connectivity index (χ1) is 18.7. The van der Waals surface area contributed by atoms with Crippen molar-refractivity contribution in [2.24, 2.45) is 7.05 Å². The summed E-state index contributed by atoms with van der Waals surface area (Å²) < 4.78 is 2.21. The number of benzene rings is 1. The van der Waals surface area contributed by atoms with E-state index in [1.54, 1.807) is 6.07 Å². The number of hydrogen-bond acceptors (Lipinski definition) is 7. The zero-order chi connectivity index (χ0) is 27.7. The number of anilines is 1. The Hall–Kier alpha value is -2.68. The van der Waals surface area contributed by atoms with Crippen molar-refractivity contribution in [2.45, 2.75) is 89.0 Å². The molecule has 2 aromatic heterocycles. The molecule has 1 saturated carbocycles. The molecule has 5 rings (SSSR count). The van der Waals surface area contributed by atoms with Crippen molar-refractivity contribution >= 4 is 16.9 Å². The van der Waals surface area contributed by atoms with Crippen LogP contribution in [-0.4, -0.2) is 74.8 Å². The average Bonchev–Trinajstić information content (AvgIpc) is 3.22. The maximum atomic E-state index is 10.1. The molecule has 1 aromatic carbocycles. The number of aromatic hydroxyl groups is 1. The quantitative estimate of drug-likeness (QED) is 0.376. The minimum atomic E-state index is -0.0533. The number of piperazine rings is 1. The second kappa shape index (κ2) is 11.4. The number of fused-ring (bicyclic) bond motifs is 1. The molecule has 2 aliphatic rings. The molecule has 3 aromatic rings. The molecule has 0 amide bonds. The third-order valence-corrected chi connectivity index (χ3v) is 9.05. The predicted molar refractivity (Wildman–Crippen MR) is 159 cm³/mol. The lowest BCUT2D eigenvalue weighted by atomic mass is 9.74. The first-order valence-corrected chi connectivity index (χ1v) is 14.8. The van der Waals surface area contributed by atoms with Gasteiger partial charge >= 0.3 is 0 Å². The largest absolute Gasteiger partial charge is 0.508 e. The van der Waals surface area contributed by atoms with Crippen molar-refractivity contribution in [1.29, 1.82) is 0 Å². The summed E-state index contributed by atoms with van der Waals surface area (Å²) in [5, 5.41) is 17.5. The van der Waals surface area contributed by atoms with Gasteiger partial charge in [0.1, 0.15) is 17.1 Å². The molecular formula is C31H47N7O. The summed E-state index contributed by atoms with van der Waals surface area (Å²) in [4.78, 5) is 15.0. The maximum absolute atomic E-state index is 10.1. The van der Waals surface area contributed by atoms with Gasteiger partial charge in [-0.15, -0.1) is 0 Å². The monoisotopic (exact) mass is 533 g/mol. The van der Waals surface area contributed by atoms with Crippen LogP contribution in [0, 0.1) is 0 Å². The van der Waals surface area contributed by atoms with Gasteiger partial charge in [-0.05, 0) is 83.8 Å². The number of phenolic OH excluding ortho intramolecular Hbond substituents is 1. The molecule has 39 heavy (non-hydrogen) atoms. The van der Waals surface area contributed by atoms with Crippen molar-refractivity contribution in [2.75, 3.05) is 32.5 Å². The van der Waals surface area contributed by atoms with Crippen molar-refractivity contribution in [3.8, 4) is 5.75 Å². The van der Waals surface area contributed by atoms with Gasteiger partial charge in [0.15, 0.2) is 5.65 Å². The van der Waals surface area contributed by atoms with Gasteiger partial charge in [0.25, 0.3) is 0 Å². The Balaban J connectivity index is 1.32. The minimum absolute atomic E-state index is 0.0533. The summed E-state index contributed by atoms with van der Waals surface area (Å²) in [6, 6.07) is 11.6. The van der Waals surface area contributed by atoms with Gasteiger partial charge < -0.3 is 20.3 Å². The van der Waals surface area contributed by atoms with E-state index in [9.17, 15) is 5.11 Å². The summed E-state index contributed by atoms with van der Waals surface area (Å²) in [6.07, 6.45) is 8.36. The highest BCUT2D eigenvalue weighted by molar-refractivity contribution is 5.75. The molecule has 0 radical (unpaired) electrons. The topological polar surface area (TPSA) is 81.5 Å². The number of phenols is 1. The first-order valence-electron chi connectivity index (χ1n) is 14.8. The predicted octanol–water partition coefficient (Wildman–Crippen LogP) is 5.01. The van der Waals surface area contributed by atoms with Crippen LogP contribution in [0.15, 0.2) is 36.5 Å². The molecule has 1 aliphatic heterocycles. The van der Waals surface area contributed by atoms with Gasteiger partial charge in [-0.3, -0.25) is 9.80 Å². The summed E-state index contributed by atoms with van der Waals surface area (Å²) in [5.41, 5.74) is 4.11. The Labute approximate surface area is 233 Å². The van der Waals surface area contributed by atoms with Crippen molar-refractivity contribution in [1.82, 2.24) is 29.7 Å². The fraction of sp³-hybridized carbons (Fsp3) is 0.613. The van der Waals surface area contributed by atoms with E-state index in [2.05, 4.69) is 79.0 Å². The molecule has 0 bridgehead atoms. The maximum Gasteiger partial charge on any atom is 0.159 e. The number of hydrogen-bond donors (Lipinski definition) is 3. The molecule has 8 nitrogen and oxygen atoms in total. The number of imidazole rings is 1. The van der Waals surface area contributed by atoms with Gasteiger partial charge in [0.05, 0.1) is 17.9 Å². The second-order valence-corrected chi connectivity index (χ2v) is 12.2. The van der Waals surface area contributed by atoms with E-state index in [-0.39, 0.29) is 5.54 Å². The van der Waals surface area contributed by atoms with Crippen LogP contribution >= 0.6 is 0 Å². The normalized spacial score (nSPS) is 27.2. The molecule has 1 aliphatic carbocycles. The highest BCUT2D eigenvalue weighted by Gasteiger charge is 2.39. The molecule has 212 valence electrons. The molecule has 1 saturated heterocycles. The number of pyridine rings is 1. The molecule has 3 heterocycles. The number of aromatic nitrogens is 3. The van der Waals surface area contributed by atoms with Gasteiger partial charge in [-0.25, -0.2) is 9.97 Å². The van der Waals surface area contributed by atoms with E-state index in [0.29, 0.717) is 29.9 Å². The SMILES string of the molecule is CCC[C@@H](c1nc2cc(N[C@H]3CC[C@@](c4cccc(O)c4)(N(C)C)CC3)cnc2n1C)N1C[C@@H](C)N[C@@H](C)C1. The molecule has 0 spiro atoms. The van der Waals surface area contributed by atoms with Crippen LogP contribution in [0.4, 0.5) is 5.69 Å². The van der Waals surface area contributed by atoms with Crippen LogP contribution in [-0.2, 0) is 12.6 Å². The van der Waals surface area contributed by atoms with Crippen molar-refractivity contribution < 1.29 is 5.11 Å². The Bertz CT molecular complexity index is 1250. The number of nitrogens with one attached hydrogen (secondary N) is 2. The highest BCUT2D eigenvalue weighted by Crippen LogP contribution is 2.42. The molecule has 0 unspecified atom stereocenters. The number of nitrogens with zero attached hydrogens (tertiary/aromatic N) is 5. The second-order valence-electron chi connectivity index (χ2n) is 12.2. The Morgan fingerprint density at radius 3 is 2.51 bits per heavy atom. The van der Waals surface area contributed by atoms with E-state index in [1.807, 2.05) is 18.3 Å². The van der Waals surface area contributed by atoms with Crippen LogP contribution in [0.3, 0.4) is 0 Å². The summed E-state index contributed by atoms with van der Waals surface area (Å²) >= 11 is 0. The van der Waals surface area contributed by atoms with E-state index in [4.69, 9.17) is 9.97 Å². The zero-order valence-corrected chi connectivity index (χ0v) is 24.6. The number of rotatable bonds is 8. The highest BCUT2D eigenvalue weighted by atomic mass is 16.3. The fourth-order valence-electron chi connectivity index (χ4n) is 7.11. The number of aryl methyl sites for hydroxylation is 1. The standard InChI is InChI=1S/C31H47N7O/c1-7-9-28(38-19-21(2)33-22(3)20-38)30-35-27-17-25(18-32-29(27)37(30)6)34-24-12-14-31(15-13-24,36(4)5)23-10-8-11-26(39)16-23/h8,10-11,16-18,21-22,24,28,33-34,39H,7,9,12-15,19-20H2,1-6H3/t21-,22+,24-,28-,31+/m0/s1. The smallest absolute Gasteiger partial charge is 0.159 e. The Morgan fingerprint density at radius 1 is 1.15 bits per heavy atom. The van der Waals surface area contributed by atoms with E-state index in [1.165, 1.54) is 5.56 Å². The Morgan fingerprint density at radius 2 is 1.87 bits per heavy atom. The third kappa shape index (κ3) is 5.65. The zero-order valence-electron chi connectivity index (χ0n) is 24.6. The molecule has 3 N–H and O–H groups in total. The third-order valence-electron chi connectivity index (χ3n) is 9.05. The lowest BCUT2D eigenvalue weighted by molar-refractivity contribution is 0.0942. The lowest BCUT2D eigenvalue weighted by Crippen LogP contribution is -2.55. The van der Waals surface area contributed by atoms with Crippen LogP contribution < -0.4 is 10.6 Å². The van der Waals surface area contributed by atoms with Gasteiger partial charge in [-0.1, -0.05) is 25.5 Å². The van der Waals surface area contributed by atoms with Crippen LogP contribution in [0.25, 0.3) is 11.2 Å². The molecular weight excluding hydrogens is 486 g/mol. The summed E-state index contributed by atoms with van der Waals surface area (Å²) in [6.45, 7) is 8.89. The molecule has 3 atom stereocenters. The van der Waals surface area contributed by atoms with Gasteiger partial charge in [0.2, 0.25) is 0 Å². The first kappa shape index (κ1) is 27.9. The van der Waals surface area contributed by atoms with Crippen LogP contribution in [0.5, 0.6) is 5.75 Å². The Kier molecular flexibility index (Phi) is 8.17. The van der Waals surface area contributed by atoms with Crippen molar-refractivity contribution in [3.05, 3.63) is 47.9 Å². The minimum Gasteiger partial charge on any atom is -0.508 e. The van der Waals surface area contributed by atoms with E-state index >= 15 is 0 Å². The van der Waals surface area contributed by atoms with Crippen LogP contribution in [0.1, 0.15) is 76.7 Å². The van der Waals surface area contributed by atoms with Gasteiger partial charge in [0, 0.05) is 43.8 Å². The molecule has 8 heteroatoms. The average molecular weight is 534 g/mol. The van der Waals surface area contributed by atoms with Gasteiger partial charge in [-0.2, -0.15) is 0 Å². The van der Waals surface area contributed by atoms with Crippen LogP contribution in [0.2, 0.25) is 0 Å². The fourth-order valence-corrected chi connectivity index (χ4v) is 7.11. The van der Waals surface area contributed by atoms with E-state index < -0.39 is 0 Å². The lowest BCUT2D eigenvalue weighted by Gasteiger charge is -2.46. The summed E-state index contributed by atoms with van der Waals surface area (Å²) in [5.74, 6) is 1.46. The van der Waals surface area contributed by atoms with E-state index in [0.717, 1.165) is 74.3 Å².